The van der Waals surface area contributed by atoms with Crippen molar-refractivity contribution in [3.05, 3.63) is 29.8 Å². The van der Waals surface area contributed by atoms with Gasteiger partial charge in [-0.25, -0.2) is 14.5 Å². The first-order valence-electron chi connectivity index (χ1n) is 10.4. The van der Waals surface area contributed by atoms with E-state index in [0.29, 0.717) is 32.1 Å². The molecule has 4 N–H and O–H groups in total. The molecule has 1 aliphatic carbocycles. The molecule has 0 atom stereocenters. The van der Waals surface area contributed by atoms with Gasteiger partial charge in [0, 0.05) is 31.4 Å². The minimum atomic E-state index is -1.13. The minimum Gasteiger partial charge on any atom is -0.465 e. The Labute approximate surface area is 166 Å². The number of nitrogens with two attached hydrogens (primary N) is 1. The number of benzene rings is 1. The summed E-state index contributed by atoms with van der Waals surface area (Å²) in [6.45, 7) is 2.14. The molecule has 1 saturated carbocycles. The highest BCUT2D eigenvalue weighted by molar-refractivity contribution is 5.90. The Bertz CT molecular complexity index is 650. The Balaban J connectivity index is 1.49. The third-order valence-electron chi connectivity index (χ3n) is 5.90. The highest BCUT2D eigenvalue weighted by Crippen LogP contribution is 2.26. The molecule has 2 fully saturated rings. The Hall–Kier alpha value is -2.28. The molecular formula is C21H32N4O3. The monoisotopic (exact) mass is 388 g/mol. The van der Waals surface area contributed by atoms with Crippen molar-refractivity contribution < 1.29 is 14.7 Å². The molecule has 1 aromatic carbocycles. The van der Waals surface area contributed by atoms with Crippen LogP contribution in [0, 0.1) is 5.92 Å². The van der Waals surface area contributed by atoms with Gasteiger partial charge in [-0.2, -0.15) is 0 Å². The SMILES string of the molecule is NCCc1ccc(NC2CCN(C(=O)N(CC3CCCC3)C(=O)O)CC2)cc1. The normalized spacial score (nSPS) is 18.2. The molecule has 1 aliphatic heterocycles. The predicted octanol–water partition coefficient (Wildman–Crippen LogP) is 3.35. The van der Waals surface area contributed by atoms with E-state index >= 15 is 0 Å². The molecular weight excluding hydrogens is 356 g/mol. The van der Waals surface area contributed by atoms with E-state index in [1.54, 1.807) is 4.90 Å². The van der Waals surface area contributed by atoms with E-state index in [2.05, 4.69) is 29.6 Å². The number of amides is 3. The minimum absolute atomic E-state index is 0.289. The van der Waals surface area contributed by atoms with Crippen LogP contribution in [0.25, 0.3) is 0 Å². The van der Waals surface area contributed by atoms with E-state index in [1.165, 1.54) is 5.56 Å². The first-order chi connectivity index (χ1) is 13.6. The predicted molar refractivity (Wildman–Crippen MR) is 110 cm³/mol. The number of hydrogen-bond donors (Lipinski definition) is 3. The topological polar surface area (TPSA) is 98.9 Å². The van der Waals surface area contributed by atoms with Crippen LogP contribution in [0.2, 0.25) is 0 Å². The number of carbonyl (C=O) groups is 2. The lowest BCUT2D eigenvalue weighted by Crippen LogP contribution is -2.51. The maximum Gasteiger partial charge on any atom is 0.415 e. The molecule has 2 aliphatic rings. The van der Waals surface area contributed by atoms with E-state index in [0.717, 1.165) is 55.5 Å². The fourth-order valence-corrected chi connectivity index (χ4v) is 4.24. The number of nitrogens with zero attached hydrogens (tertiary/aromatic N) is 2. The fourth-order valence-electron chi connectivity index (χ4n) is 4.24. The lowest BCUT2D eigenvalue weighted by molar-refractivity contribution is 0.116. The summed E-state index contributed by atoms with van der Waals surface area (Å²) in [4.78, 5) is 27.1. The molecule has 28 heavy (non-hydrogen) atoms. The zero-order valence-electron chi connectivity index (χ0n) is 16.5. The van der Waals surface area contributed by atoms with E-state index in [1.807, 2.05) is 0 Å². The number of nitrogens with one attached hydrogen (secondary N) is 1. The van der Waals surface area contributed by atoms with Crippen molar-refractivity contribution in [2.24, 2.45) is 11.7 Å². The van der Waals surface area contributed by atoms with Gasteiger partial charge in [0.05, 0.1) is 0 Å². The van der Waals surface area contributed by atoms with E-state index in [-0.39, 0.29) is 12.1 Å². The van der Waals surface area contributed by atoms with Crippen molar-refractivity contribution in [2.75, 3.05) is 31.5 Å². The van der Waals surface area contributed by atoms with Gasteiger partial charge in [0.25, 0.3) is 0 Å². The smallest absolute Gasteiger partial charge is 0.415 e. The molecule has 0 bridgehead atoms. The van der Waals surface area contributed by atoms with Crippen molar-refractivity contribution in [3.63, 3.8) is 0 Å². The Kier molecular flexibility index (Phi) is 7.14. The van der Waals surface area contributed by atoms with Crippen LogP contribution >= 0.6 is 0 Å². The van der Waals surface area contributed by atoms with E-state index in [9.17, 15) is 14.7 Å². The summed E-state index contributed by atoms with van der Waals surface area (Å²) in [5.41, 5.74) is 7.88. The van der Waals surface area contributed by atoms with Crippen molar-refractivity contribution in [2.45, 2.75) is 51.0 Å². The molecule has 1 aromatic rings. The zero-order chi connectivity index (χ0) is 19.9. The number of urea groups is 1. The lowest BCUT2D eigenvalue weighted by atomic mass is 10.0. The Morgan fingerprint density at radius 1 is 1.11 bits per heavy atom. The Morgan fingerprint density at radius 2 is 1.75 bits per heavy atom. The largest absolute Gasteiger partial charge is 0.465 e. The molecule has 7 heteroatoms. The van der Waals surface area contributed by atoms with Gasteiger partial charge in [-0.3, -0.25) is 0 Å². The van der Waals surface area contributed by atoms with Gasteiger partial charge < -0.3 is 21.1 Å². The fraction of sp³-hybridized carbons (Fsp3) is 0.619. The molecule has 0 radical (unpaired) electrons. The number of rotatable bonds is 6. The highest BCUT2D eigenvalue weighted by atomic mass is 16.4. The van der Waals surface area contributed by atoms with Gasteiger partial charge in [-0.05, 0) is 62.3 Å². The number of piperidine rings is 1. The second-order valence-corrected chi connectivity index (χ2v) is 7.97. The summed E-state index contributed by atoms with van der Waals surface area (Å²) >= 11 is 0. The van der Waals surface area contributed by atoms with Crippen molar-refractivity contribution in [1.29, 1.82) is 0 Å². The molecule has 3 rings (SSSR count). The van der Waals surface area contributed by atoms with Crippen LogP contribution in [0.1, 0.15) is 44.1 Å². The van der Waals surface area contributed by atoms with Crippen molar-refractivity contribution in [1.82, 2.24) is 9.80 Å². The van der Waals surface area contributed by atoms with Crippen LogP contribution < -0.4 is 11.1 Å². The molecule has 7 nitrogen and oxygen atoms in total. The quantitative estimate of drug-likeness (QED) is 0.694. The number of likely N-dealkylation sites (tertiary alicyclic amines) is 1. The number of carbonyl (C=O) groups excluding carboxylic acids is 1. The maximum atomic E-state index is 12.7. The number of anilines is 1. The molecule has 0 spiro atoms. The van der Waals surface area contributed by atoms with Gasteiger partial charge in [-0.1, -0.05) is 25.0 Å². The Morgan fingerprint density at radius 3 is 2.32 bits per heavy atom. The lowest BCUT2D eigenvalue weighted by Gasteiger charge is -2.35. The molecule has 3 amide bonds. The van der Waals surface area contributed by atoms with E-state index < -0.39 is 6.09 Å². The molecule has 154 valence electrons. The third kappa shape index (κ3) is 5.38. The second-order valence-electron chi connectivity index (χ2n) is 7.97. The van der Waals surface area contributed by atoms with Crippen molar-refractivity contribution in [3.8, 4) is 0 Å². The summed E-state index contributed by atoms with van der Waals surface area (Å²) in [5.74, 6) is 0.321. The first-order valence-corrected chi connectivity index (χ1v) is 10.4. The second kappa shape index (κ2) is 9.78. The highest BCUT2D eigenvalue weighted by Gasteiger charge is 2.32. The van der Waals surface area contributed by atoms with Gasteiger partial charge in [-0.15, -0.1) is 0 Å². The number of imide groups is 1. The molecule has 0 aromatic heterocycles. The summed E-state index contributed by atoms with van der Waals surface area (Å²) < 4.78 is 0. The maximum absolute atomic E-state index is 12.7. The summed E-state index contributed by atoms with van der Waals surface area (Å²) in [6.07, 6.45) is 5.69. The van der Waals surface area contributed by atoms with Crippen LogP contribution in [0.3, 0.4) is 0 Å². The van der Waals surface area contributed by atoms with Crippen LogP contribution in [0.15, 0.2) is 24.3 Å². The number of hydrogen-bond acceptors (Lipinski definition) is 4. The van der Waals surface area contributed by atoms with Crippen LogP contribution in [0.4, 0.5) is 15.3 Å². The summed E-state index contributed by atoms with van der Waals surface area (Å²) in [7, 11) is 0. The van der Waals surface area contributed by atoms with Crippen LogP contribution in [0.5, 0.6) is 0 Å². The van der Waals surface area contributed by atoms with Gasteiger partial charge >= 0.3 is 12.1 Å². The van der Waals surface area contributed by atoms with E-state index in [4.69, 9.17) is 5.73 Å². The first kappa shape index (κ1) is 20.5. The standard InChI is InChI=1S/C21H32N4O3/c22-12-9-16-5-7-18(8-6-16)23-19-10-13-24(14-11-19)20(26)25(21(27)28)15-17-3-1-2-4-17/h5-8,17,19,23H,1-4,9-15,22H2,(H,27,28). The molecule has 0 unspecified atom stereocenters. The van der Waals surface area contributed by atoms with Crippen molar-refractivity contribution >= 4 is 17.8 Å². The third-order valence-corrected chi connectivity index (χ3v) is 5.90. The molecule has 1 heterocycles. The zero-order valence-corrected chi connectivity index (χ0v) is 16.5. The average molecular weight is 389 g/mol. The summed E-state index contributed by atoms with van der Waals surface area (Å²) in [6, 6.07) is 8.23. The van der Waals surface area contributed by atoms with Crippen LogP contribution in [-0.2, 0) is 6.42 Å². The summed E-state index contributed by atoms with van der Waals surface area (Å²) in [5, 5.41) is 13.0. The average Bonchev–Trinajstić information content (AvgIpc) is 3.21. The van der Waals surface area contributed by atoms with Gasteiger partial charge in [0.2, 0.25) is 0 Å². The van der Waals surface area contributed by atoms with Gasteiger partial charge in [0.1, 0.15) is 0 Å². The molecule has 1 saturated heterocycles. The van der Waals surface area contributed by atoms with Gasteiger partial charge in [0.15, 0.2) is 0 Å². The van der Waals surface area contributed by atoms with Crippen LogP contribution in [-0.4, -0.2) is 59.3 Å². The number of carboxylic acid groups (broad SMARTS) is 1.